The Morgan fingerprint density at radius 2 is 2.13 bits per heavy atom. The van der Waals surface area contributed by atoms with Crippen LogP contribution in [0.3, 0.4) is 0 Å². The van der Waals surface area contributed by atoms with E-state index in [4.69, 9.17) is 16.1 Å². The highest BCUT2D eigenvalue weighted by molar-refractivity contribution is 6.32. The van der Waals surface area contributed by atoms with Crippen molar-refractivity contribution in [3.8, 4) is 17.1 Å². The fourth-order valence-electron chi connectivity index (χ4n) is 2.18. The topological polar surface area (TPSA) is 75.3 Å². The summed E-state index contributed by atoms with van der Waals surface area (Å²) in [5, 5.41) is 13.7. The molecule has 7 heteroatoms. The lowest BCUT2D eigenvalue weighted by atomic mass is 10.2. The van der Waals surface area contributed by atoms with Crippen molar-refractivity contribution in [2.45, 2.75) is 13.1 Å². The Balaban J connectivity index is 1.65. The third-order valence-electron chi connectivity index (χ3n) is 3.26. The van der Waals surface area contributed by atoms with Crippen LogP contribution in [0.1, 0.15) is 11.5 Å². The van der Waals surface area contributed by atoms with E-state index < -0.39 is 0 Å². The molecule has 0 atom stereocenters. The maximum Gasteiger partial charge on any atom is 0.241 e. The van der Waals surface area contributed by atoms with E-state index in [0.717, 1.165) is 11.1 Å². The van der Waals surface area contributed by atoms with E-state index in [9.17, 15) is 5.11 Å². The minimum atomic E-state index is 0.0797. The Bertz CT molecular complexity index is 792. The Morgan fingerprint density at radius 1 is 1.26 bits per heavy atom. The van der Waals surface area contributed by atoms with E-state index in [1.54, 1.807) is 24.5 Å². The highest BCUT2D eigenvalue weighted by atomic mass is 35.5. The highest BCUT2D eigenvalue weighted by Gasteiger charge is 2.11. The summed E-state index contributed by atoms with van der Waals surface area (Å²) in [6.45, 7) is 1.15. The van der Waals surface area contributed by atoms with Crippen LogP contribution in [0.4, 0.5) is 0 Å². The summed E-state index contributed by atoms with van der Waals surface area (Å²) < 4.78 is 5.27. The first-order valence-corrected chi connectivity index (χ1v) is 7.38. The second-order valence-electron chi connectivity index (χ2n) is 5.21. The molecule has 3 aromatic rings. The molecule has 2 aromatic heterocycles. The Hall–Kier alpha value is -2.44. The molecule has 0 spiro atoms. The molecule has 0 aliphatic rings. The fraction of sp³-hybridized carbons (Fsp3) is 0.188. The van der Waals surface area contributed by atoms with Gasteiger partial charge < -0.3 is 9.63 Å². The zero-order valence-corrected chi connectivity index (χ0v) is 13.2. The van der Waals surface area contributed by atoms with Crippen LogP contribution in [0.2, 0.25) is 5.02 Å². The van der Waals surface area contributed by atoms with Crippen LogP contribution in [0.15, 0.2) is 47.2 Å². The molecule has 2 heterocycles. The molecule has 0 radical (unpaired) electrons. The molecule has 0 aliphatic heterocycles. The molecule has 23 heavy (non-hydrogen) atoms. The molecule has 118 valence electrons. The smallest absolute Gasteiger partial charge is 0.241 e. The number of phenolic OH excluding ortho intramolecular Hbond substituents is 1. The van der Waals surface area contributed by atoms with Gasteiger partial charge in [-0.15, -0.1) is 0 Å². The molecule has 0 bridgehead atoms. The lowest BCUT2D eigenvalue weighted by Crippen LogP contribution is -2.17. The maximum atomic E-state index is 9.44. The van der Waals surface area contributed by atoms with E-state index in [1.807, 2.05) is 30.1 Å². The van der Waals surface area contributed by atoms with Gasteiger partial charge in [-0.2, -0.15) is 4.98 Å². The van der Waals surface area contributed by atoms with Gasteiger partial charge in [0.25, 0.3) is 0 Å². The number of aromatic nitrogens is 3. The Kier molecular flexibility index (Phi) is 4.55. The molecule has 1 N–H and O–H groups in total. The lowest BCUT2D eigenvalue weighted by molar-refractivity contribution is 0.261. The van der Waals surface area contributed by atoms with E-state index >= 15 is 0 Å². The average Bonchev–Trinajstić information content (AvgIpc) is 3.00. The predicted molar refractivity (Wildman–Crippen MR) is 85.8 cm³/mol. The van der Waals surface area contributed by atoms with Crippen molar-refractivity contribution in [1.82, 2.24) is 20.0 Å². The summed E-state index contributed by atoms with van der Waals surface area (Å²) in [6.07, 6.45) is 3.39. The third kappa shape index (κ3) is 3.85. The predicted octanol–water partition coefficient (Wildman–Crippen LogP) is 3.12. The van der Waals surface area contributed by atoms with E-state index in [-0.39, 0.29) is 5.75 Å². The number of pyridine rings is 1. The first kappa shape index (κ1) is 15.5. The summed E-state index contributed by atoms with van der Waals surface area (Å²) in [7, 11) is 1.94. The summed E-state index contributed by atoms with van der Waals surface area (Å²) >= 11 is 5.91. The van der Waals surface area contributed by atoms with Crippen LogP contribution in [0, 0.1) is 0 Å². The molecule has 0 fully saturated rings. The van der Waals surface area contributed by atoms with Crippen molar-refractivity contribution in [1.29, 1.82) is 0 Å². The van der Waals surface area contributed by atoms with Gasteiger partial charge in [-0.3, -0.25) is 9.88 Å². The number of phenols is 1. The van der Waals surface area contributed by atoms with Gasteiger partial charge in [-0.1, -0.05) is 22.8 Å². The molecule has 1 aromatic carbocycles. The summed E-state index contributed by atoms with van der Waals surface area (Å²) in [4.78, 5) is 10.4. The molecule has 0 amide bonds. The standard InChI is InChI=1S/C16H15ClN4O2/c1-21(9-11-4-5-14(22)13(17)7-11)10-15-19-16(20-23-15)12-3-2-6-18-8-12/h2-8,22H,9-10H2,1H3. The van der Waals surface area contributed by atoms with Gasteiger partial charge in [0.05, 0.1) is 11.6 Å². The minimum Gasteiger partial charge on any atom is -0.506 e. The van der Waals surface area contributed by atoms with Crippen molar-refractivity contribution < 1.29 is 9.63 Å². The number of hydrogen-bond acceptors (Lipinski definition) is 6. The molecule has 3 rings (SSSR count). The van der Waals surface area contributed by atoms with E-state index in [2.05, 4.69) is 15.1 Å². The van der Waals surface area contributed by atoms with Crippen LogP contribution in [-0.4, -0.2) is 32.2 Å². The normalized spacial score (nSPS) is 11.1. The van der Waals surface area contributed by atoms with Crippen molar-refractivity contribution in [3.63, 3.8) is 0 Å². The molecular weight excluding hydrogens is 316 g/mol. The first-order chi connectivity index (χ1) is 11.1. The van der Waals surface area contributed by atoms with E-state index in [1.165, 1.54) is 0 Å². The van der Waals surface area contributed by atoms with Crippen molar-refractivity contribution in [3.05, 3.63) is 59.2 Å². The number of halogens is 1. The fourth-order valence-corrected chi connectivity index (χ4v) is 2.38. The first-order valence-electron chi connectivity index (χ1n) is 7.01. The number of hydrogen-bond donors (Lipinski definition) is 1. The van der Waals surface area contributed by atoms with Gasteiger partial charge in [-0.05, 0) is 36.9 Å². The van der Waals surface area contributed by atoms with Crippen molar-refractivity contribution in [2.75, 3.05) is 7.05 Å². The summed E-state index contributed by atoms with van der Waals surface area (Å²) in [5.41, 5.74) is 1.80. The molecular formula is C16H15ClN4O2. The zero-order chi connectivity index (χ0) is 16.2. The van der Waals surface area contributed by atoms with Gasteiger partial charge in [-0.25, -0.2) is 0 Å². The van der Waals surface area contributed by atoms with Gasteiger partial charge in [0, 0.05) is 24.5 Å². The van der Waals surface area contributed by atoms with Gasteiger partial charge in [0.2, 0.25) is 11.7 Å². The number of aromatic hydroxyl groups is 1. The van der Waals surface area contributed by atoms with Crippen molar-refractivity contribution >= 4 is 11.6 Å². The quantitative estimate of drug-likeness (QED) is 0.774. The van der Waals surface area contributed by atoms with Crippen LogP contribution < -0.4 is 0 Å². The highest BCUT2D eigenvalue weighted by Crippen LogP contribution is 2.24. The Labute approximate surface area is 138 Å². The van der Waals surface area contributed by atoms with Crippen LogP contribution >= 0.6 is 11.6 Å². The van der Waals surface area contributed by atoms with Gasteiger partial charge >= 0.3 is 0 Å². The largest absolute Gasteiger partial charge is 0.506 e. The monoisotopic (exact) mass is 330 g/mol. The lowest BCUT2D eigenvalue weighted by Gasteiger charge is -2.14. The van der Waals surface area contributed by atoms with Crippen molar-refractivity contribution in [2.24, 2.45) is 0 Å². The van der Waals surface area contributed by atoms with E-state index in [0.29, 0.717) is 29.8 Å². The molecule has 0 saturated heterocycles. The second-order valence-corrected chi connectivity index (χ2v) is 5.62. The number of rotatable bonds is 5. The Morgan fingerprint density at radius 3 is 2.87 bits per heavy atom. The number of nitrogens with zero attached hydrogens (tertiary/aromatic N) is 4. The average molecular weight is 331 g/mol. The zero-order valence-electron chi connectivity index (χ0n) is 12.5. The van der Waals surface area contributed by atoms with Crippen LogP contribution in [0.5, 0.6) is 5.75 Å². The van der Waals surface area contributed by atoms with Gasteiger partial charge in [0.15, 0.2) is 0 Å². The SMILES string of the molecule is CN(Cc1ccc(O)c(Cl)c1)Cc1nc(-c2cccnc2)no1. The van der Waals surface area contributed by atoms with Gasteiger partial charge in [0.1, 0.15) is 5.75 Å². The summed E-state index contributed by atoms with van der Waals surface area (Å²) in [5.74, 6) is 1.13. The van der Waals surface area contributed by atoms with Crippen LogP contribution in [0.25, 0.3) is 11.4 Å². The molecule has 0 unspecified atom stereocenters. The minimum absolute atomic E-state index is 0.0797. The maximum absolute atomic E-state index is 9.44. The second kappa shape index (κ2) is 6.76. The molecule has 6 nitrogen and oxygen atoms in total. The molecule has 0 saturated carbocycles. The molecule has 0 aliphatic carbocycles. The third-order valence-corrected chi connectivity index (χ3v) is 3.56. The van der Waals surface area contributed by atoms with Crippen LogP contribution in [-0.2, 0) is 13.1 Å². The number of benzene rings is 1. The summed E-state index contributed by atoms with van der Waals surface area (Å²) in [6, 6.07) is 8.85.